The molecule has 0 bridgehead atoms. The highest BCUT2D eigenvalue weighted by Gasteiger charge is 2.45. The van der Waals surface area contributed by atoms with Gasteiger partial charge in [-0.05, 0) is 38.5 Å². The van der Waals surface area contributed by atoms with E-state index in [9.17, 15) is 14.7 Å². The molecule has 2 rings (SSSR count). The number of carbonyl (C=O) groups excluding carboxylic acids is 1. The molecule has 0 saturated carbocycles. The average molecular weight is 270 g/mol. The first kappa shape index (κ1) is 14.1. The summed E-state index contributed by atoms with van der Waals surface area (Å²) in [6, 6.07) is -0.263. The average Bonchev–Trinajstić information content (AvgIpc) is 2.99. The SMILES string of the molecule is CC1(C(=O)O)CCCN1C(=O)NCCC1CCOC1. The number of carboxylic acids is 1. The first-order chi connectivity index (χ1) is 9.04. The third-order valence-corrected chi connectivity index (χ3v) is 4.20. The Morgan fingerprint density at radius 2 is 2.32 bits per heavy atom. The third-order valence-electron chi connectivity index (χ3n) is 4.20. The van der Waals surface area contributed by atoms with E-state index < -0.39 is 11.5 Å². The fourth-order valence-electron chi connectivity index (χ4n) is 2.80. The number of rotatable bonds is 4. The van der Waals surface area contributed by atoms with Crippen molar-refractivity contribution in [1.29, 1.82) is 0 Å². The summed E-state index contributed by atoms with van der Waals surface area (Å²) in [4.78, 5) is 24.8. The monoisotopic (exact) mass is 270 g/mol. The van der Waals surface area contributed by atoms with Crippen molar-refractivity contribution in [3.05, 3.63) is 0 Å². The summed E-state index contributed by atoms with van der Waals surface area (Å²) < 4.78 is 5.28. The molecule has 2 atom stereocenters. The zero-order valence-electron chi connectivity index (χ0n) is 11.4. The van der Waals surface area contributed by atoms with Crippen LogP contribution in [0.25, 0.3) is 0 Å². The minimum absolute atomic E-state index is 0.263. The first-order valence-electron chi connectivity index (χ1n) is 6.90. The molecule has 2 saturated heterocycles. The van der Waals surface area contributed by atoms with E-state index in [1.165, 1.54) is 4.90 Å². The molecule has 2 aliphatic heterocycles. The fourth-order valence-corrected chi connectivity index (χ4v) is 2.80. The molecule has 0 aromatic heterocycles. The number of nitrogens with one attached hydrogen (secondary N) is 1. The number of ether oxygens (including phenoxy) is 1. The minimum Gasteiger partial charge on any atom is -0.480 e. The van der Waals surface area contributed by atoms with Gasteiger partial charge in [0.1, 0.15) is 5.54 Å². The lowest BCUT2D eigenvalue weighted by Gasteiger charge is -2.31. The molecule has 2 fully saturated rings. The van der Waals surface area contributed by atoms with Crippen LogP contribution in [0.4, 0.5) is 4.79 Å². The van der Waals surface area contributed by atoms with Crippen LogP contribution in [0.2, 0.25) is 0 Å². The number of nitrogens with zero attached hydrogens (tertiary/aromatic N) is 1. The predicted octanol–water partition coefficient (Wildman–Crippen LogP) is 1.06. The van der Waals surface area contributed by atoms with Gasteiger partial charge in [0.15, 0.2) is 0 Å². The molecule has 6 nitrogen and oxygen atoms in total. The molecule has 2 aliphatic rings. The molecule has 6 heteroatoms. The molecular formula is C13H22N2O4. The van der Waals surface area contributed by atoms with Crippen molar-refractivity contribution in [2.45, 2.75) is 38.1 Å². The zero-order valence-corrected chi connectivity index (χ0v) is 11.4. The van der Waals surface area contributed by atoms with Gasteiger partial charge in [-0.2, -0.15) is 0 Å². The maximum atomic E-state index is 12.1. The second kappa shape index (κ2) is 5.77. The van der Waals surface area contributed by atoms with E-state index in [1.807, 2.05) is 0 Å². The Labute approximate surface area is 113 Å². The van der Waals surface area contributed by atoms with Crippen molar-refractivity contribution in [2.24, 2.45) is 5.92 Å². The summed E-state index contributed by atoms with van der Waals surface area (Å²) in [5.41, 5.74) is -1.06. The molecule has 0 aromatic rings. The number of hydrogen-bond acceptors (Lipinski definition) is 3. The number of aliphatic carboxylic acids is 1. The predicted molar refractivity (Wildman–Crippen MR) is 68.9 cm³/mol. The summed E-state index contributed by atoms with van der Waals surface area (Å²) in [6.45, 7) is 4.29. The molecule has 2 N–H and O–H groups in total. The summed E-state index contributed by atoms with van der Waals surface area (Å²) in [6.07, 6.45) is 3.20. The van der Waals surface area contributed by atoms with Crippen LogP contribution in [0.1, 0.15) is 32.6 Å². The van der Waals surface area contributed by atoms with Crippen molar-refractivity contribution in [3.8, 4) is 0 Å². The van der Waals surface area contributed by atoms with Crippen molar-refractivity contribution < 1.29 is 19.4 Å². The van der Waals surface area contributed by atoms with Crippen molar-refractivity contribution >= 4 is 12.0 Å². The highest BCUT2D eigenvalue weighted by Crippen LogP contribution is 2.29. The third kappa shape index (κ3) is 3.00. The summed E-state index contributed by atoms with van der Waals surface area (Å²) in [5.74, 6) is -0.408. The molecule has 0 aliphatic carbocycles. The molecule has 108 valence electrons. The summed E-state index contributed by atoms with van der Waals surface area (Å²) in [7, 11) is 0. The number of hydrogen-bond donors (Lipinski definition) is 2. The van der Waals surface area contributed by atoms with Gasteiger partial charge < -0.3 is 20.1 Å². The van der Waals surface area contributed by atoms with E-state index in [1.54, 1.807) is 6.92 Å². The Morgan fingerprint density at radius 3 is 2.95 bits per heavy atom. The first-order valence-corrected chi connectivity index (χ1v) is 6.90. The standard InChI is InChI=1S/C13H22N2O4/c1-13(11(16)17)5-2-7-15(13)12(18)14-6-3-10-4-8-19-9-10/h10H,2-9H2,1H3,(H,14,18)(H,16,17). The van der Waals surface area contributed by atoms with E-state index >= 15 is 0 Å². The van der Waals surface area contributed by atoms with Gasteiger partial charge in [0.25, 0.3) is 0 Å². The van der Waals surface area contributed by atoms with Crippen LogP contribution in [-0.4, -0.2) is 53.8 Å². The zero-order chi connectivity index (χ0) is 13.9. The maximum Gasteiger partial charge on any atom is 0.329 e. The van der Waals surface area contributed by atoms with E-state index in [4.69, 9.17) is 4.74 Å². The second-order valence-electron chi connectivity index (χ2n) is 5.58. The Bertz CT molecular complexity index is 355. The largest absolute Gasteiger partial charge is 0.480 e. The van der Waals surface area contributed by atoms with Gasteiger partial charge in [-0.1, -0.05) is 0 Å². The molecule has 2 amide bonds. The Balaban J connectivity index is 1.80. The fraction of sp³-hybridized carbons (Fsp3) is 0.846. The van der Waals surface area contributed by atoms with Gasteiger partial charge in [0.05, 0.1) is 0 Å². The lowest BCUT2D eigenvalue weighted by atomic mass is 10.00. The van der Waals surface area contributed by atoms with E-state index in [-0.39, 0.29) is 6.03 Å². The minimum atomic E-state index is -1.06. The van der Waals surface area contributed by atoms with Crippen LogP contribution < -0.4 is 5.32 Å². The molecular weight excluding hydrogens is 248 g/mol. The van der Waals surface area contributed by atoms with Gasteiger partial charge in [0, 0.05) is 26.3 Å². The van der Waals surface area contributed by atoms with Gasteiger partial charge in [-0.25, -0.2) is 9.59 Å². The Kier molecular flexibility index (Phi) is 4.29. The highest BCUT2D eigenvalue weighted by atomic mass is 16.5. The molecule has 0 aromatic carbocycles. The smallest absolute Gasteiger partial charge is 0.329 e. The van der Waals surface area contributed by atoms with Crippen molar-refractivity contribution in [1.82, 2.24) is 10.2 Å². The van der Waals surface area contributed by atoms with Crippen LogP contribution >= 0.6 is 0 Å². The maximum absolute atomic E-state index is 12.1. The quantitative estimate of drug-likeness (QED) is 0.800. The number of carboxylic acid groups (broad SMARTS) is 1. The van der Waals surface area contributed by atoms with Crippen LogP contribution in [-0.2, 0) is 9.53 Å². The highest BCUT2D eigenvalue weighted by molar-refractivity contribution is 5.86. The van der Waals surface area contributed by atoms with Gasteiger partial charge in [0.2, 0.25) is 0 Å². The van der Waals surface area contributed by atoms with Crippen molar-refractivity contribution in [2.75, 3.05) is 26.3 Å². The Hall–Kier alpha value is -1.30. The number of amides is 2. The van der Waals surface area contributed by atoms with Gasteiger partial charge in [-0.3, -0.25) is 0 Å². The molecule has 2 heterocycles. The molecule has 2 unspecified atom stereocenters. The van der Waals surface area contributed by atoms with Gasteiger partial charge >= 0.3 is 12.0 Å². The number of urea groups is 1. The normalized spacial score (nSPS) is 30.6. The number of carbonyl (C=O) groups is 2. The second-order valence-corrected chi connectivity index (χ2v) is 5.58. The van der Waals surface area contributed by atoms with Crippen LogP contribution in [0.15, 0.2) is 0 Å². The van der Waals surface area contributed by atoms with Crippen molar-refractivity contribution in [3.63, 3.8) is 0 Å². The molecule has 0 spiro atoms. The topological polar surface area (TPSA) is 78.9 Å². The van der Waals surface area contributed by atoms with E-state index in [2.05, 4.69) is 5.32 Å². The molecule has 19 heavy (non-hydrogen) atoms. The summed E-state index contributed by atoms with van der Waals surface area (Å²) in [5, 5.41) is 12.1. The van der Waals surface area contributed by atoms with Crippen LogP contribution in [0.3, 0.4) is 0 Å². The van der Waals surface area contributed by atoms with Crippen LogP contribution in [0.5, 0.6) is 0 Å². The summed E-state index contributed by atoms with van der Waals surface area (Å²) >= 11 is 0. The lowest BCUT2D eigenvalue weighted by Crippen LogP contribution is -2.54. The molecule has 0 radical (unpaired) electrons. The van der Waals surface area contributed by atoms with E-state index in [0.717, 1.165) is 32.5 Å². The number of likely N-dealkylation sites (tertiary alicyclic amines) is 1. The Morgan fingerprint density at radius 1 is 1.53 bits per heavy atom. The lowest BCUT2D eigenvalue weighted by molar-refractivity contribution is -0.147. The van der Waals surface area contributed by atoms with E-state index in [0.29, 0.717) is 25.4 Å². The van der Waals surface area contributed by atoms with Gasteiger partial charge in [-0.15, -0.1) is 0 Å². The van der Waals surface area contributed by atoms with Crippen LogP contribution in [0, 0.1) is 5.92 Å².